The van der Waals surface area contributed by atoms with E-state index in [0.717, 1.165) is 19.1 Å². The van der Waals surface area contributed by atoms with Gasteiger partial charge in [-0.25, -0.2) is 13.1 Å². The molecule has 1 N–H and O–H groups in total. The topological polar surface area (TPSA) is 63.2 Å². The molecule has 0 spiro atoms. The van der Waals surface area contributed by atoms with Gasteiger partial charge in [-0.15, -0.1) is 0 Å². The minimum Gasteiger partial charge on any atom is -0.303 e. The molecule has 1 aromatic rings. The maximum atomic E-state index is 12.6. The number of carbonyl (C=O) groups excluding carboxylic acids is 1. The van der Waals surface area contributed by atoms with Crippen molar-refractivity contribution in [1.82, 2.24) is 4.72 Å². The third-order valence-corrected chi connectivity index (χ3v) is 7.29. The zero-order valence-corrected chi connectivity index (χ0v) is 13.8. The molecule has 0 aromatic heterocycles. The second-order valence-corrected chi connectivity index (χ2v) is 8.93. The van der Waals surface area contributed by atoms with Crippen molar-refractivity contribution in [1.29, 1.82) is 0 Å². The fourth-order valence-corrected chi connectivity index (χ4v) is 5.66. The largest absolute Gasteiger partial charge is 0.303 e. The Hall–Kier alpha value is -1.20. The van der Waals surface area contributed by atoms with Crippen molar-refractivity contribution < 1.29 is 13.2 Å². The van der Waals surface area contributed by atoms with Crippen LogP contribution < -0.4 is 4.72 Å². The summed E-state index contributed by atoms with van der Waals surface area (Å²) in [5, 5.41) is 0. The highest BCUT2D eigenvalue weighted by atomic mass is 32.2. The van der Waals surface area contributed by atoms with Crippen molar-refractivity contribution in [3.63, 3.8) is 0 Å². The highest BCUT2D eigenvalue weighted by molar-refractivity contribution is 7.89. The van der Waals surface area contributed by atoms with Gasteiger partial charge in [0.25, 0.3) is 0 Å². The minimum atomic E-state index is -3.54. The molecule has 0 aliphatic heterocycles. The van der Waals surface area contributed by atoms with Gasteiger partial charge in [-0.05, 0) is 48.1 Å². The summed E-state index contributed by atoms with van der Waals surface area (Å²) >= 11 is 0. The quantitative estimate of drug-likeness (QED) is 0.848. The number of aldehydes is 1. The Morgan fingerprint density at radius 2 is 1.91 bits per heavy atom. The van der Waals surface area contributed by atoms with Gasteiger partial charge in [0.2, 0.25) is 10.0 Å². The summed E-state index contributed by atoms with van der Waals surface area (Å²) < 4.78 is 28.2. The predicted octanol–water partition coefficient (Wildman–Crippen LogP) is 2.60. The Kier molecular flexibility index (Phi) is 3.89. The molecule has 4 nitrogen and oxygen atoms in total. The van der Waals surface area contributed by atoms with Crippen LogP contribution in [-0.2, 0) is 14.8 Å². The molecule has 0 radical (unpaired) electrons. The van der Waals surface area contributed by atoms with Crippen molar-refractivity contribution in [2.45, 2.75) is 44.0 Å². The molecule has 0 heterocycles. The molecule has 0 unspecified atom stereocenters. The van der Waals surface area contributed by atoms with Crippen molar-refractivity contribution in [3.8, 4) is 0 Å². The van der Waals surface area contributed by atoms with Gasteiger partial charge in [0, 0.05) is 12.5 Å². The first kappa shape index (κ1) is 15.7. The molecular formula is C17H23NO3S. The smallest absolute Gasteiger partial charge is 0.240 e. The SMILES string of the molecule is CC1(C)[C@H]2C[C@H](CC=O)[C@@H](NS(=O)(=O)c3ccccc3)[C@@H]1C2. The average molecular weight is 321 g/mol. The van der Waals surface area contributed by atoms with Crippen molar-refractivity contribution in [2.75, 3.05) is 0 Å². The Morgan fingerprint density at radius 1 is 1.23 bits per heavy atom. The molecule has 3 saturated carbocycles. The number of hydrogen-bond acceptors (Lipinski definition) is 3. The molecule has 3 aliphatic rings. The molecule has 4 atom stereocenters. The Labute approximate surface area is 132 Å². The number of sulfonamides is 1. The number of benzene rings is 1. The first-order valence-corrected chi connectivity index (χ1v) is 9.35. The standard InChI is InChI=1S/C17H23NO3S/c1-17(2)13-10-12(8-9-19)16(15(17)11-13)18-22(20,21)14-6-4-3-5-7-14/h3-7,9,12-13,15-16,18H,8,10-11H2,1-2H3/t12-,13-,15-,16+/m0/s1. The van der Waals surface area contributed by atoms with Gasteiger partial charge < -0.3 is 4.79 Å². The lowest BCUT2D eigenvalue weighted by atomic mass is 9.45. The van der Waals surface area contributed by atoms with Crippen LogP contribution >= 0.6 is 0 Å². The maximum Gasteiger partial charge on any atom is 0.240 e. The summed E-state index contributed by atoms with van der Waals surface area (Å²) in [7, 11) is -3.54. The van der Waals surface area contributed by atoms with Gasteiger partial charge in [0.15, 0.2) is 0 Å². The van der Waals surface area contributed by atoms with E-state index in [4.69, 9.17) is 0 Å². The van der Waals surface area contributed by atoms with Crippen LogP contribution in [-0.4, -0.2) is 20.7 Å². The monoisotopic (exact) mass is 321 g/mol. The van der Waals surface area contributed by atoms with E-state index in [9.17, 15) is 13.2 Å². The zero-order valence-electron chi connectivity index (χ0n) is 13.0. The van der Waals surface area contributed by atoms with Gasteiger partial charge in [-0.2, -0.15) is 0 Å². The molecule has 3 aliphatic carbocycles. The molecule has 0 amide bonds. The average Bonchev–Trinajstić information content (AvgIpc) is 2.49. The number of carbonyl (C=O) groups is 1. The van der Waals surface area contributed by atoms with Crippen LogP contribution in [0.5, 0.6) is 0 Å². The maximum absolute atomic E-state index is 12.6. The van der Waals surface area contributed by atoms with Gasteiger partial charge >= 0.3 is 0 Å². The van der Waals surface area contributed by atoms with Crippen LogP contribution in [0.15, 0.2) is 35.2 Å². The normalized spacial score (nSPS) is 33.0. The summed E-state index contributed by atoms with van der Waals surface area (Å²) in [4.78, 5) is 11.3. The molecule has 22 heavy (non-hydrogen) atoms. The third-order valence-electron chi connectivity index (χ3n) is 5.82. The summed E-state index contributed by atoms with van der Waals surface area (Å²) in [5.41, 5.74) is 0.156. The van der Waals surface area contributed by atoms with Crippen molar-refractivity contribution in [3.05, 3.63) is 30.3 Å². The molecule has 1 aromatic carbocycles. The van der Waals surface area contributed by atoms with E-state index in [1.807, 2.05) is 0 Å². The summed E-state index contributed by atoms with van der Waals surface area (Å²) in [6.07, 6.45) is 3.35. The highest BCUT2D eigenvalue weighted by Gasteiger charge is 2.58. The number of fused-ring (bicyclic) bond motifs is 2. The number of nitrogens with one attached hydrogen (secondary N) is 1. The predicted molar refractivity (Wildman–Crippen MR) is 84.7 cm³/mol. The lowest BCUT2D eigenvalue weighted by Crippen LogP contribution is -2.63. The first-order chi connectivity index (χ1) is 10.4. The van der Waals surface area contributed by atoms with Gasteiger partial charge in [-0.1, -0.05) is 32.0 Å². The summed E-state index contributed by atoms with van der Waals surface area (Å²) in [6, 6.07) is 8.32. The highest BCUT2D eigenvalue weighted by Crippen LogP contribution is 2.61. The molecule has 4 rings (SSSR count). The van der Waals surface area contributed by atoms with Gasteiger partial charge in [0.1, 0.15) is 6.29 Å². The zero-order chi connectivity index (χ0) is 16.0. The van der Waals surface area contributed by atoms with Crippen LogP contribution in [0, 0.1) is 23.2 Å². The lowest BCUT2D eigenvalue weighted by molar-refractivity contribution is -0.122. The molecule has 5 heteroatoms. The number of hydrogen-bond donors (Lipinski definition) is 1. The molecule has 0 saturated heterocycles. The third kappa shape index (κ3) is 2.50. The van der Waals surface area contributed by atoms with Crippen LogP contribution in [0.2, 0.25) is 0 Å². The number of rotatable bonds is 5. The minimum absolute atomic E-state index is 0.118. The fourth-order valence-electron chi connectivity index (χ4n) is 4.30. The van der Waals surface area contributed by atoms with Gasteiger partial charge in [0.05, 0.1) is 4.90 Å². The van der Waals surface area contributed by atoms with E-state index in [0.29, 0.717) is 23.2 Å². The molecular weight excluding hydrogens is 298 g/mol. The van der Waals surface area contributed by atoms with E-state index in [1.54, 1.807) is 30.3 Å². The first-order valence-electron chi connectivity index (χ1n) is 7.87. The molecule has 3 fully saturated rings. The van der Waals surface area contributed by atoms with E-state index in [2.05, 4.69) is 18.6 Å². The Morgan fingerprint density at radius 3 is 2.50 bits per heavy atom. The Bertz CT molecular complexity index is 654. The second-order valence-electron chi connectivity index (χ2n) is 7.22. The molecule has 2 bridgehead atoms. The van der Waals surface area contributed by atoms with Crippen LogP contribution in [0.4, 0.5) is 0 Å². The van der Waals surface area contributed by atoms with Crippen LogP contribution in [0.3, 0.4) is 0 Å². The van der Waals surface area contributed by atoms with Gasteiger partial charge in [-0.3, -0.25) is 0 Å². The van der Waals surface area contributed by atoms with E-state index in [-0.39, 0.29) is 17.4 Å². The van der Waals surface area contributed by atoms with E-state index < -0.39 is 10.0 Å². The fraction of sp³-hybridized carbons (Fsp3) is 0.588. The van der Waals surface area contributed by atoms with Crippen molar-refractivity contribution in [2.24, 2.45) is 23.2 Å². The van der Waals surface area contributed by atoms with Crippen molar-refractivity contribution >= 4 is 16.3 Å². The van der Waals surface area contributed by atoms with Crippen LogP contribution in [0.25, 0.3) is 0 Å². The Balaban J connectivity index is 1.86. The summed E-state index contributed by atoms with van der Waals surface area (Å²) in [6.45, 7) is 4.43. The van der Waals surface area contributed by atoms with Crippen LogP contribution in [0.1, 0.15) is 33.1 Å². The van der Waals surface area contributed by atoms with E-state index in [1.165, 1.54) is 0 Å². The lowest BCUT2D eigenvalue weighted by Gasteiger charge is -2.62. The second kappa shape index (κ2) is 5.46. The molecule has 120 valence electrons. The van der Waals surface area contributed by atoms with E-state index >= 15 is 0 Å². The summed E-state index contributed by atoms with van der Waals surface area (Å²) in [5.74, 6) is 1.04.